The van der Waals surface area contributed by atoms with E-state index in [9.17, 15) is 4.79 Å². The van der Waals surface area contributed by atoms with Gasteiger partial charge in [-0.05, 0) is 25.8 Å². The maximum Gasteiger partial charge on any atom is 0.303 e. The van der Waals surface area contributed by atoms with Crippen LogP contribution in [-0.2, 0) is 9.53 Å². The molecule has 4 heteroatoms. The first-order valence-electron chi connectivity index (χ1n) is 5.96. The van der Waals surface area contributed by atoms with Gasteiger partial charge in [0.05, 0.1) is 6.10 Å². The number of nitrogens with one attached hydrogen (secondary N) is 1. The summed E-state index contributed by atoms with van der Waals surface area (Å²) in [5.41, 5.74) is 0.196. The van der Waals surface area contributed by atoms with Gasteiger partial charge in [0.25, 0.3) is 0 Å². The number of carbonyl (C=O) groups is 1. The van der Waals surface area contributed by atoms with Crippen molar-refractivity contribution in [2.45, 2.75) is 51.7 Å². The molecule has 1 saturated carbocycles. The van der Waals surface area contributed by atoms with Crippen LogP contribution in [0.3, 0.4) is 0 Å². The molecule has 1 aliphatic carbocycles. The van der Waals surface area contributed by atoms with Gasteiger partial charge < -0.3 is 15.2 Å². The summed E-state index contributed by atoms with van der Waals surface area (Å²) in [5, 5.41) is 12.0. The Morgan fingerprint density at radius 1 is 1.50 bits per heavy atom. The third-order valence-corrected chi connectivity index (χ3v) is 3.67. The highest BCUT2D eigenvalue weighted by molar-refractivity contribution is 5.66. The van der Waals surface area contributed by atoms with Crippen LogP contribution < -0.4 is 5.32 Å². The fourth-order valence-corrected chi connectivity index (χ4v) is 2.31. The van der Waals surface area contributed by atoms with Gasteiger partial charge in [-0.3, -0.25) is 4.79 Å². The van der Waals surface area contributed by atoms with E-state index < -0.39 is 5.97 Å². The molecule has 0 aromatic rings. The first kappa shape index (κ1) is 13.5. The third kappa shape index (κ3) is 3.19. The number of methoxy groups -OCH3 is 1. The number of ether oxygens (including phenoxy) is 1. The van der Waals surface area contributed by atoms with Crippen LogP contribution in [0, 0.1) is 5.41 Å². The molecule has 1 fully saturated rings. The van der Waals surface area contributed by atoms with E-state index in [1.54, 1.807) is 7.11 Å². The van der Waals surface area contributed by atoms with E-state index in [0.29, 0.717) is 12.1 Å². The smallest absolute Gasteiger partial charge is 0.303 e. The van der Waals surface area contributed by atoms with Crippen LogP contribution in [0.4, 0.5) is 0 Å². The van der Waals surface area contributed by atoms with Crippen LogP contribution in [0.5, 0.6) is 0 Å². The first-order chi connectivity index (χ1) is 7.48. The van der Waals surface area contributed by atoms with Gasteiger partial charge in [0.2, 0.25) is 0 Å². The Morgan fingerprint density at radius 3 is 2.69 bits per heavy atom. The molecule has 16 heavy (non-hydrogen) atoms. The first-order valence-corrected chi connectivity index (χ1v) is 5.96. The van der Waals surface area contributed by atoms with Crippen molar-refractivity contribution >= 4 is 5.97 Å². The highest BCUT2D eigenvalue weighted by Gasteiger charge is 2.47. The van der Waals surface area contributed by atoms with Gasteiger partial charge in [-0.25, -0.2) is 0 Å². The molecule has 0 radical (unpaired) electrons. The van der Waals surface area contributed by atoms with Crippen LogP contribution in [0.25, 0.3) is 0 Å². The second-order valence-electron chi connectivity index (χ2n) is 5.14. The van der Waals surface area contributed by atoms with Crippen LogP contribution in [-0.4, -0.2) is 36.9 Å². The lowest BCUT2D eigenvalue weighted by Gasteiger charge is -2.51. The van der Waals surface area contributed by atoms with Gasteiger partial charge >= 0.3 is 5.97 Å². The molecule has 0 saturated heterocycles. The molecule has 1 rings (SSSR count). The highest BCUT2D eigenvalue weighted by atomic mass is 16.5. The molecule has 1 aliphatic rings. The molecule has 2 atom stereocenters. The third-order valence-electron chi connectivity index (χ3n) is 3.67. The standard InChI is InChI=1S/C12H23NO3/c1-12(2)9(8-10(12)16-3)13-7-5-4-6-11(14)15/h9-10,13H,4-8H2,1-3H3,(H,14,15). The van der Waals surface area contributed by atoms with Crippen LogP contribution >= 0.6 is 0 Å². The Balaban J connectivity index is 2.09. The van der Waals surface area contributed by atoms with Crippen molar-refractivity contribution in [3.8, 4) is 0 Å². The molecule has 0 spiro atoms. The zero-order valence-electron chi connectivity index (χ0n) is 10.5. The van der Waals surface area contributed by atoms with Gasteiger partial charge in [-0.1, -0.05) is 13.8 Å². The molecular formula is C12H23NO3. The number of rotatable bonds is 7. The lowest BCUT2D eigenvalue weighted by Crippen LogP contribution is -2.60. The number of hydrogen-bond acceptors (Lipinski definition) is 3. The van der Waals surface area contributed by atoms with Crippen LogP contribution in [0.15, 0.2) is 0 Å². The van der Waals surface area contributed by atoms with E-state index in [2.05, 4.69) is 19.2 Å². The van der Waals surface area contributed by atoms with Crippen molar-refractivity contribution in [1.29, 1.82) is 0 Å². The Bertz CT molecular complexity index is 240. The zero-order chi connectivity index (χ0) is 12.2. The number of hydrogen-bond donors (Lipinski definition) is 2. The molecule has 0 aromatic carbocycles. The van der Waals surface area contributed by atoms with E-state index in [-0.39, 0.29) is 11.8 Å². The van der Waals surface area contributed by atoms with Crippen molar-refractivity contribution in [2.24, 2.45) is 5.41 Å². The van der Waals surface area contributed by atoms with Gasteiger partial charge in [0, 0.05) is 25.0 Å². The highest BCUT2D eigenvalue weighted by Crippen LogP contribution is 2.42. The summed E-state index contributed by atoms with van der Waals surface area (Å²) in [6.07, 6.45) is 3.36. The molecular weight excluding hydrogens is 206 g/mol. The van der Waals surface area contributed by atoms with Crippen LogP contribution in [0.2, 0.25) is 0 Å². The summed E-state index contributed by atoms with van der Waals surface area (Å²) >= 11 is 0. The summed E-state index contributed by atoms with van der Waals surface area (Å²) in [5.74, 6) is -0.705. The average Bonchev–Trinajstić information content (AvgIpc) is 2.20. The Morgan fingerprint density at radius 2 is 2.19 bits per heavy atom. The molecule has 0 heterocycles. The molecule has 2 N–H and O–H groups in total. The second kappa shape index (κ2) is 5.64. The maximum absolute atomic E-state index is 10.3. The largest absolute Gasteiger partial charge is 0.481 e. The molecule has 0 aliphatic heterocycles. The summed E-state index contributed by atoms with van der Waals surface area (Å²) in [6.45, 7) is 5.32. The minimum Gasteiger partial charge on any atom is -0.481 e. The fraction of sp³-hybridized carbons (Fsp3) is 0.917. The molecule has 0 bridgehead atoms. The van der Waals surface area contributed by atoms with Gasteiger partial charge in [-0.15, -0.1) is 0 Å². The second-order valence-corrected chi connectivity index (χ2v) is 5.14. The quantitative estimate of drug-likeness (QED) is 0.652. The van der Waals surface area contributed by atoms with Gasteiger partial charge in [-0.2, -0.15) is 0 Å². The Kier molecular flexibility index (Phi) is 4.74. The monoisotopic (exact) mass is 229 g/mol. The minimum atomic E-state index is -0.705. The molecule has 2 unspecified atom stereocenters. The number of aliphatic carboxylic acids is 1. The van der Waals surface area contributed by atoms with Crippen molar-refractivity contribution < 1.29 is 14.6 Å². The Labute approximate surface area is 97.4 Å². The lowest BCUT2D eigenvalue weighted by atomic mass is 9.64. The van der Waals surface area contributed by atoms with Crippen molar-refractivity contribution in [3.63, 3.8) is 0 Å². The average molecular weight is 229 g/mol. The van der Waals surface area contributed by atoms with Crippen molar-refractivity contribution in [3.05, 3.63) is 0 Å². The predicted molar refractivity (Wildman–Crippen MR) is 62.5 cm³/mol. The van der Waals surface area contributed by atoms with Crippen molar-refractivity contribution in [1.82, 2.24) is 5.32 Å². The Hall–Kier alpha value is -0.610. The fourth-order valence-electron chi connectivity index (χ4n) is 2.31. The molecule has 0 aromatic heterocycles. The molecule has 0 amide bonds. The normalized spacial score (nSPS) is 27.4. The molecule has 4 nitrogen and oxygen atoms in total. The topological polar surface area (TPSA) is 58.6 Å². The summed E-state index contributed by atoms with van der Waals surface area (Å²) in [7, 11) is 1.76. The number of carboxylic acid groups (broad SMARTS) is 1. The van der Waals surface area contributed by atoms with Crippen LogP contribution in [0.1, 0.15) is 39.5 Å². The van der Waals surface area contributed by atoms with E-state index >= 15 is 0 Å². The molecule has 94 valence electrons. The summed E-state index contributed by atoms with van der Waals surface area (Å²) in [6, 6.07) is 0.502. The van der Waals surface area contributed by atoms with Gasteiger partial charge in [0.15, 0.2) is 0 Å². The van der Waals surface area contributed by atoms with E-state index in [1.807, 2.05) is 0 Å². The van der Waals surface area contributed by atoms with E-state index in [1.165, 1.54) is 0 Å². The number of unbranched alkanes of at least 4 members (excludes halogenated alkanes) is 1. The summed E-state index contributed by atoms with van der Waals surface area (Å²) < 4.78 is 5.37. The summed E-state index contributed by atoms with van der Waals surface area (Å²) in [4.78, 5) is 10.3. The SMILES string of the molecule is COC1CC(NCCCCC(=O)O)C1(C)C. The van der Waals surface area contributed by atoms with Crippen molar-refractivity contribution in [2.75, 3.05) is 13.7 Å². The minimum absolute atomic E-state index is 0.196. The maximum atomic E-state index is 10.3. The van der Waals surface area contributed by atoms with Gasteiger partial charge in [0.1, 0.15) is 0 Å². The number of carboxylic acids is 1. The van der Waals surface area contributed by atoms with E-state index in [0.717, 1.165) is 25.8 Å². The zero-order valence-corrected chi connectivity index (χ0v) is 10.5. The predicted octanol–water partition coefficient (Wildman–Crippen LogP) is 1.64. The van der Waals surface area contributed by atoms with E-state index in [4.69, 9.17) is 9.84 Å². The lowest BCUT2D eigenvalue weighted by molar-refractivity contribution is -0.137.